The second-order valence-electron chi connectivity index (χ2n) is 7.14. The van der Waals surface area contributed by atoms with Gasteiger partial charge in [-0.15, -0.1) is 0 Å². The lowest BCUT2D eigenvalue weighted by Gasteiger charge is -2.35. The normalized spacial score (nSPS) is 22.2. The molecule has 26 heavy (non-hydrogen) atoms. The van der Waals surface area contributed by atoms with E-state index in [1.165, 1.54) is 0 Å². The van der Waals surface area contributed by atoms with Crippen LogP contribution in [0, 0.1) is 25.2 Å². The molecule has 2 heterocycles. The first kappa shape index (κ1) is 20.2. The first-order valence-corrected chi connectivity index (χ1v) is 9.02. The van der Waals surface area contributed by atoms with Crippen LogP contribution in [0.4, 0.5) is 0 Å². The molecule has 3 unspecified atom stereocenters. The molecule has 1 amide bonds. The number of carbonyl (C=O) groups excluding carboxylic acids is 1. The van der Waals surface area contributed by atoms with Crippen molar-refractivity contribution in [1.29, 1.82) is 5.26 Å². The van der Waals surface area contributed by atoms with E-state index < -0.39 is 0 Å². The number of hydrogen-bond donors (Lipinski definition) is 0. The van der Waals surface area contributed by atoms with Gasteiger partial charge in [0.2, 0.25) is 0 Å². The van der Waals surface area contributed by atoms with Gasteiger partial charge in [-0.05, 0) is 52.3 Å². The molecular weight excluding hydrogens is 330 g/mol. The Labute approximate surface area is 156 Å². The molecule has 0 saturated carbocycles. The predicted molar refractivity (Wildman–Crippen MR) is 101 cm³/mol. The fourth-order valence-electron chi connectivity index (χ4n) is 3.75. The van der Waals surface area contributed by atoms with E-state index in [4.69, 9.17) is 9.47 Å². The van der Waals surface area contributed by atoms with Crippen molar-refractivity contribution in [3.63, 3.8) is 0 Å². The minimum absolute atomic E-state index is 0.0254. The average molecular weight is 359 g/mol. The van der Waals surface area contributed by atoms with E-state index in [0.29, 0.717) is 19.7 Å². The highest BCUT2D eigenvalue weighted by atomic mass is 16.5. The zero-order valence-corrected chi connectivity index (χ0v) is 16.6. The summed E-state index contributed by atoms with van der Waals surface area (Å²) in [6.07, 6.45) is 1.65. The standard InChI is InChI=1S/C20H29N3O3/c1-13-7-18(17(5)23(13)14(2)12-25-6)8-19(9-21)20(24)22-10-15(3)26-16(4)11-22/h7-8,14-16H,10-12H2,1-6H3/b19-8+. The van der Waals surface area contributed by atoms with E-state index in [-0.39, 0.29) is 29.7 Å². The first-order valence-electron chi connectivity index (χ1n) is 9.02. The van der Waals surface area contributed by atoms with Crippen molar-refractivity contribution in [2.45, 2.75) is 52.9 Å². The van der Waals surface area contributed by atoms with Crippen molar-refractivity contribution < 1.29 is 14.3 Å². The fourth-order valence-corrected chi connectivity index (χ4v) is 3.75. The largest absolute Gasteiger partial charge is 0.383 e. The maximum Gasteiger partial charge on any atom is 0.264 e. The van der Waals surface area contributed by atoms with Gasteiger partial charge in [0.15, 0.2) is 0 Å². The molecule has 0 N–H and O–H groups in total. The first-order chi connectivity index (χ1) is 12.3. The summed E-state index contributed by atoms with van der Waals surface area (Å²) in [7, 11) is 1.68. The summed E-state index contributed by atoms with van der Waals surface area (Å²) >= 11 is 0. The Balaban J connectivity index is 2.30. The topological polar surface area (TPSA) is 67.5 Å². The maximum absolute atomic E-state index is 12.8. The summed E-state index contributed by atoms with van der Waals surface area (Å²) in [5, 5.41) is 9.56. The summed E-state index contributed by atoms with van der Waals surface area (Å²) in [4.78, 5) is 14.5. The molecule has 0 aromatic carbocycles. The van der Waals surface area contributed by atoms with Crippen molar-refractivity contribution in [2.75, 3.05) is 26.8 Å². The van der Waals surface area contributed by atoms with Gasteiger partial charge in [0, 0.05) is 31.6 Å². The summed E-state index contributed by atoms with van der Waals surface area (Å²) in [5.41, 5.74) is 3.16. The number of hydrogen-bond acceptors (Lipinski definition) is 4. The van der Waals surface area contributed by atoms with E-state index in [1.54, 1.807) is 18.1 Å². The van der Waals surface area contributed by atoms with Gasteiger partial charge in [-0.25, -0.2) is 0 Å². The molecule has 3 atom stereocenters. The number of aromatic nitrogens is 1. The monoisotopic (exact) mass is 359 g/mol. The summed E-state index contributed by atoms with van der Waals surface area (Å²) < 4.78 is 13.1. The average Bonchev–Trinajstić information content (AvgIpc) is 2.85. The minimum Gasteiger partial charge on any atom is -0.383 e. The van der Waals surface area contributed by atoms with Crippen molar-refractivity contribution >= 4 is 12.0 Å². The molecule has 1 aliphatic heterocycles. The molecule has 142 valence electrons. The number of rotatable bonds is 5. The Morgan fingerprint density at radius 1 is 1.42 bits per heavy atom. The highest BCUT2D eigenvalue weighted by Gasteiger charge is 2.28. The lowest BCUT2D eigenvalue weighted by atomic mass is 10.1. The highest BCUT2D eigenvalue weighted by molar-refractivity contribution is 6.01. The summed E-state index contributed by atoms with van der Waals surface area (Å²) in [6.45, 7) is 11.6. The quantitative estimate of drug-likeness (QED) is 0.599. The van der Waals surface area contributed by atoms with E-state index in [1.807, 2.05) is 33.8 Å². The Kier molecular flexibility index (Phi) is 6.63. The van der Waals surface area contributed by atoms with Crippen LogP contribution in [-0.2, 0) is 14.3 Å². The molecule has 0 spiro atoms. The van der Waals surface area contributed by atoms with Gasteiger partial charge in [-0.3, -0.25) is 4.79 Å². The van der Waals surface area contributed by atoms with Crippen LogP contribution < -0.4 is 0 Å². The molecule has 1 aliphatic rings. The third-order valence-corrected chi connectivity index (χ3v) is 4.73. The minimum atomic E-state index is -0.232. The van der Waals surface area contributed by atoms with Crippen LogP contribution in [0.25, 0.3) is 6.08 Å². The van der Waals surface area contributed by atoms with Crippen LogP contribution in [0.15, 0.2) is 11.6 Å². The van der Waals surface area contributed by atoms with Crippen molar-refractivity contribution in [2.24, 2.45) is 0 Å². The molecule has 1 saturated heterocycles. The Bertz CT molecular complexity index is 719. The van der Waals surface area contributed by atoms with Crippen LogP contribution in [0.1, 0.15) is 43.8 Å². The number of amides is 1. The van der Waals surface area contributed by atoms with Crippen LogP contribution >= 0.6 is 0 Å². The Morgan fingerprint density at radius 2 is 2.04 bits per heavy atom. The van der Waals surface area contributed by atoms with Gasteiger partial charge >= 0.3 is 0 Å². The van der Waals surface area contributed by atoms with E-state index in [9.17, 15) is 10.1 Å². The predicted octanol–water partition coefficient (Wildman–Crippen LogP) is 2.86. The molecule has 1 aromatic heterocycles. The number of methoxy groups -OCH3 is 1. The van der Waals surface area contributed by atoms with Crippen LogP contribution in [0.2, 0.25) is 0 Å². The maximum atomic E-state index is 12.8. The molecule has 2 rings (SSSR count). The SMILES string of the molecule is COCC(C)n1c(C)cc(/C=C(\C#N)C(=O)N2CC(C)OC(C)C2)c1C. The van der Waals surface area contributed by atoms with Crippen molar-refractivity contribution in [3.8, 4) is 6.07 Å². The van der Waals surface area contributed by atoms with Gasteiger partial charge in [0.1, 0.15) is 11.6 Å². The molecule has 0 radical (unpaired) electrons. The van der Waals surface area contributed by atoms with Crippen LogP contribution in [0.5, 0.6) is 0 Å². The molecular formula is C20H29N3O3. The number of ether oxygens (including phenoxy) is 2. The second kappa shape index (κ2) is 8.52. The number of morpholine rings is 1. The molecule has 0 bridgehead atoms. The molecule has 6 nitrogen and oxygen atoms in total. The third-order valence-electron chi connectivity index (χ3n) is 4.73. The van der Waals surface area contributed by atoms with Gasteiger partial charge in [0.05, 0.1) is 24.9 Å². The van der Waals surface area contributed by atoms with Crippen molar-refractivity contribution in [1.82, 2.24) is 9.47 Å². The van der Waals surface area contributed by atoms with Gasteiger partial charge in [0.25, 0.3) is 5.91 Å². The van der Waals surface area contributed by atoms with E-state index in [2.05, 4.69) is 17.6 Å². The lowest BCUT2D eigenvalue weighted by Crippen LogP contribution is -2.48. The summed E-state index contributed by atoms with van der Waals surface area (Å²) in [5.74, 6) is -0.232. The molecule has 1 aromatic rings. The van der Waals surface area contributed by atoms with E-state index in [0.717, 1.165) is 17.0 Å². The van der Waals surface area contributed by atoms with Gasteiger partial charge < -0.3 is 18.9 Å². The smallest absolute Gasteiger partial charge is 0.264 e. The lowest BCUT2D eigenvalue weighted by molar-refractivity contribution is -0.138. The fraction of sp³-hybridized carbons (Fsp3) is 0.600. The third kappa shape index (κ3) is 4.35. The van der Waals surface area contributed by atoms with Crippen LogP contribution in [-0.4, -0.2) is 54.4 Å². The van der Waals surface area contributed by atoms with Gasteiger partial charge in [-0.1, -0.05) is 0 Å². The molecule has 1 fully saturated rings. The highest BCUT2D eigenvalue weighted by Crippen LogP contribution is 2.23. The zero-order chi connectivity index (χ0) is 19.4. The Hall–Kier alpha value is -2.10. The number of aryl methyl sites for hydroxylation is 1. The molecule has 6 heteroatoms. The second-order valence-corrected chi connectivity index (χ2v) is 7.14. The molecule has 0 aliphatic carbocycles. The van der Waals surface area contributed by atoms with Crippen LogP contribution in [0.3, 0.4) is 0 Å². The number of carbonyl (C=O) groups is 1. The number of nitrogens with zero attached hydrogens (tertiary/aromatic N) is 3. The number of nitriles is 1. The zero-order valence-electron chi connectivity index (χ0n) is 16.6. The van der Waals surface area contributed by atoms with Gasteiger partial charge in [-0.2, -0.15) is 5.26 Å². The Morgan fingerprint density at radius 3 is 2.58 bits per heavy atom. The van der Waals surface area contributed by atoms with E-state index >= 15 is 0 Å². The summed E-state index contributed by atoms with van der Waals surface area (Å²) in [6, 6.07) is 4.28. The van der Waals surface area contributed by atoms with Crippen molar-refractivity contribution in [3.05, 3.63) is 28.6 Å².